The standard InChI is InChI=1S/C25H23ClN4O2/c1-29(2)21-14-8-17(9-15-21)16-30-23(18-6-4-3-5-7-18)22(25(32)28-30)27-24(31)19-10-12-20(26)13-11-19/h3-16,22-23H,1-2H3,(H-,27,28,31,32)/p+1/t22-,23+/m0/s1. The van der Waals surface area contributed by atoms with E-state index < -0.39 is 12.1 Å². The van der Waals surface area contributed by atoms with Gasteiger partial charge in [0.25, 0.3) is 5.91 Å². The third-order valence-corrected chi connectivity index (χ3v) is 5.62. The Bertz CT molecular complexity index is 1140. The lowest BCUT2D eigenvalue weighted by Gasteiger charge is -2.15. The van der Waals surface area contributed by atoms with E-state index >= 15 is 0 Å². The first kappa shape index (κ1) is 21.6. The number of hydrogen-bond donors (Lipinski definition) is 2. The monoisotopic (exact) mass is 447 g/mol. The van der Waals surface area contributed by atoms with Gasteiger partial charge in [-0.2, -0.15) is 0 Å². The Morgan fingerprint density at radius 2 is 1.66 bits per heavy atom. The highest BCUT2D eigenvalue weighted by atomic mass is 35.5. The van der Waals surface area contributed by atoms with Crippen molar-refractivity contribution in [3.63, 3.8) is 0 Å². The van der Waals surface area contributed by atoms with Crippen molar-refractivity contribution in [3.05, 3.63) is 101 Å². The number of hydrazone groups is 1. The molecule has 32 heavy (non-hydrogen) atoms. The van der Waals surface area contributed by atoms with Crippen molar-refractivity contribution in [1.82, 2.24) is 10.7 Å². The van der Waals surface area contributed by atoms with Gasteiger partial charge in [0.05, 0.1) is 0 Å². The fraction of sp³-hybridized carbons (Fsp3) is 0.160. The number of halogens is 1. The van der Waals surface area contributed by atoms with E-state index in [9.17, 15) is 9.59 Å². The van der Waals surface area contributed by atoms with Gasteiger partial charge in [0.2, 0.25) is 12.3 Å². The van der Waals surface area contributed by atoms with Crippen LogP contribution in [0.1, 0.15) is 27.5 Å². The van der Waals surface area contributed by atoms with Crippen molar-refractivity contribution in [2.24, 2.45) is 0 Å². The SMILES string of the molecule is CN(C)c1ccc(/C=[N+]2\NC(=O)[C@@H](NC(=O)c3ccc(Cl)cc3)[C@H]2c2ccccc2)cc1. The number of hydrazine groups is 1. The maximum absolute atomic E-state index is 12.9. The van der Waals surface area contributed by atoms with Crippen LogP contribution in [0.15, 0.2) is 78.9 Å². The number of anilines is 1. The molecule has 7 heteroatoms. The second-order valence-electron chi connectivity index (χ2n) is 7.81. The summed E-state index contributed by atoms with van der Waals surface area (Å²) < 4.78 is 1.76. The average molecular weight is 448 g/mol. The molecular weight excluding hydrogens is 424 g/mol. The highest BCUT2D eigenvalue weighted by molar-refractivity contribution is 6.30. The van der Waals surface area contributed by atoms with Crippen LogP contribution in [0, 0.1) is 0 Å². The lowest BCUT2D eigenvalue weighted by atomic mass is 10.00. The van der Waals surface area contributed by atoms with Gasteiger partial charge >= 0.3 is 5.91 Å². The Balaban J connectivity index is 1.66. The molecule has 0 radical (unpaired) electrons. The second kappa shape index (κ2) is 9.24. The van der Waals surface area contributed by atoms with E-state index in [0.29, 0.717) is 10.6 Å². The zero-order valence-electron chi connectivity index (χ0n) is 17.8. The Hall–Kier alpha value is -3.64. The molecule has 1 aliphatic heterocycles. The number of nitrogens with one attached hydrogen (secondary N) is 2. The van der Waals surface area contributed by atoms with E-state index in [1.165, 1.54) is 0 Å². The molecule has 6 nitrogen and oxygen atoms in total. The number of nitrogens with zero attached hydrogens (tertiary/aromatic N) is 2. The molecule has 2 N–H and O–H groups in total. The van der Waals surface area contributed by atoms with E-state index in [1.54, 1.807) is 28.9 Å². The number of carbonyl (C=O) groups is 2. The largest absolute Gasteiger partial charge is 0.378 e. The molecule has 1 saturated heterocycles. The lowest BCUT2D eigenvalue weighted by Crippen LogP contribution is -2.42. The summed E-state index contributed by atoms with van der Waals surface area (Å²) in [5.74, 6) is -0.609. The van der Waals surface area contributed by atoms with E-state index in [2.05, 4.69) is 10.7 Å². The molecule has 3 aromatic rings. The number of rotatable bonds is 5. The summed E-state index contributed by atoms with van der Waals surface area (Å²) in [5, 5.41) is 3.44. The van der Waals surface area contributed by atoms with E-state index in [-0.39, 0.29) is 11.8 Å². The van der Waals surface area contributed by atoms with Crippen molar-refractivity contribution in [2.75, 3.05) is 19.0 Å². The second-order valence-corrected chi connectivity index (χ2v) is 8.25. The predicted molar refractivity (Wildman–Crippen MR) is 126 cm³/mol. The van der Waals surface area contributed by atoms with Gasteiger partial charge in [-0.05, 0) is 48.5 Å². The molecule has 2 atom stereocenters. The summed E-state index contributed by atoms with van der Waals surface area (Å²) in [6.45, 7) is 0. The van der Waals surface area contributed by atoms with E-state index in [0.717, 1.165) is 16.8 Å². The first-order chi connectivity index (χ1) is 15.4. The molecule has 1 aliphatic rings. The topological polar surface area (TPSA) is 64.5 Å². The van der Waals surface area contributed by atoms with Crippen LogP contribution in [-0.4, -0.2) is 42.9 Å². The number of amides is 2. The number of carbonyl (C=O) groups excluding carboxylic acids is 2. The van der Waals surface area contributed by atoms with Crippen molar-refractivity contribution in [2.45, 2.75) is 12.1 Å². The third-order valence-electron chi connectivity index (χ3n) is 5.37. The Labute approximate surface area is 192 Å². The molecule has 0 bridgehead atoms. The normalized spacial score (nSPS) is 19.0. The smallest absolute Gasteiger partial charge is 0.304 e. The van der Waals surface area contributed by atoms with Crippen LogP contribution >= 0.6 is 11.6 Å². The van der Waals surface area contributed by atoms with Crippen LogP contribution in [0.5, 0.6) is 0 Å². The molecule has 3 aromatic carbocycles. The highest BCUT2D eigenvalue weighted by Gasteiger charge is 2.47. The molecule has 0 aromatic heterocycles. The molecule has 1 fully saturated rings. The average Bonchev–Trinajstić information content (AvgIpc) is 3.09. The van der Waals surface area contributed by atoms with Gasteiger partial charge in [0, 0.05) is 41.5 Å². The first-order valence-corrected chi connectivity index (χ1v) is 10.6. The molecule has 2 amide bonds. The van der Waals surface area contributed by atoms with Crippen LogP contribution in [-0.2, 0) is 4.79 Å². The van der Waals surface area contributed by atoms with Gasteiger partial charge < -0.3 is 10.2 Å². The van der Waals surface area contributed by atoms with Crippen molar-refractivity contribution in [3.8, 4) is 0 Å². The Morgan fingerprint density at radius 3 is 2.28 bits per heavy atom. The zero-order chi connectivity index (χ0) is 22.7. The van der Waals surface area contributed by atoms with Crippen LogP contribution < -0.4 is 15.6 Å². The number of hydrogen-bond acceptors (Lipinski definition) is 3. The lowest BCUT2D eigenvalue weighted by molar-refractivity contribution is -0.596. The highest BCUT2D eigenvalue weighted by Crippen LogP contribution is 2.25. The molecule has 0 saturated carbocycles. The quantitative estimate of drug-likeness (QED) is 0.589. The third kappa shape index (κ3) is 4.65. The van der Waals surface area contributed by atoms with Gasteiger partial charge in [-0.25, -0.2) is 0 Å². The summed E-state index contributed by atoms with van der Waals surface area (Å²) in [6.07, 6.45) is 1.88. The molecule has 0 aliphatic carbocycles. The molecule has 4 rings (SSSR count). The van der Waals surface area contributed by atoms with Crippen molar-refractivity contribution >= 4 is 35.3 Å². The van der Waals surface area contributed by atoms with Crippen LogP contribution in [0.4, 0.5) is 5.69 Å². The summed E-state index contributed by atoms with van der Waals surface area (Å²) >= 11 is 5.93. The minimum absolute atomic E-state index is 0.276. The molecule has 1 heterocycles. The molecular formula is C25H24ClN4O2+. The maximum Gasteiger partial charge on any atom is 0.304 e. The minimum Gasteiger partial charge on any atom is -0.378 e. The zero-order valence-corrected chi connectivity index (χ0v) is 18.6. The molecule has 0 unspecified atom stereocenters. The fourth-order valence-corrected chi connectivity index (χ4v) is 3.80. The minimum atomic E-state index is -0.766. The van der Waals surface area contributed by atoms with Gasteiger partial charge in [0.1, 0.15) is 0 Å². The fourth-order valence-electron chi connectivity index (χ4n) is 3.68. The van der Waals surface area contributed by atoms with Crippen LogP contribution in [0.3, 0.4) is 0 Å². The summed E-state index contributed by atoms with van der Waals surface area (Å²) in [7, 11) is 3.97. The van der Waals surface area contributed by atoms with E-state index in [4.69, 9.17) is 11.6 Å². The van der Waals surface area contributed by atoms with Crippen LogP contribution in [0.2, 0.25) is 5.02 Å². The van der Waals surface area contributed by atoms with Crippen molar-refractivity contribution in [1.29, 1.82) is 0 Å². The van der Waals surface area contributed by atoms with Crippen LogP contribution in [0.25, 0.3) is 0 Å². The predicted octanol–water partition coefficient (Wildman–Crippen LogP) is 3.42. The van der Waals surface area contributed by atoms with Crippen molar-refractivity contribution < 1.29 is 14.3 Å². The summed E-state index contributed by atoms with van der Waals surface area (Å²) in [5.41, 5.74) is 6.26. The maximum atomic E-state index is 12.9. The van der Waals surface area contributed by atoms with Gasteiger partial charge in [-0.15, -0.1) is 10.1 Å². The molecule has 162 valence electrons. The Morgan fingerprint density at radius 1 is 1.00 bits per heavy atom. The molecule has 0 spiro atoms. The van der Waals surface area contributed by atoms with Gasteiger partial charge in [-0.3, -0.25) is 9.59 Å². The number of benzene rings is 3. The Kier molecular flexibility index (Phi) is 6.23. The van der Waals surface area contributed by atoms with Gasteiger partial charge in [0.15, 0.2) is 6.04 Å². The van der Waals surface area contributed by atoms with Gasteiger partial charge in [-0.1, -0.05) is 41.9 Å². The first-order valence-electron chi connectivity index (χ1n) is 10.2. The summed E-state index contributed by atoms with van der Waals surface area (Å²) in [6, 6.07) is 23.1. The summed E-state index contributed by atoms with van der Waals surface area (Å²) in [4.78, 5) is 27.8. The van der Waals surface area contributed by atoms with E-state index in [1.807, 2.05) is 79.8 Å².